The molecule has 0 aliphatic heterocycles. The van der Waals surface area contributed by atoms with Crippen LogP contribution in [0.5, 0.6) is 5.75 Å². The Bertz CT molecular complexity index is 321. The lowest BCUT2D eigenvalue weighted by Gasteiger charge is -2.08. The number of benzene rings is 1. The molecule has 1 aromatic carbocycles. The number of alkyl halides is 1. The fourth-order valence-electron chi connectivity index (χ4n) is 1.14. The van der Waals surface area contributed by atoms with E-state index in [4.69, 9.17) is 16.3 Å². The summed E-state index contributed by atoms with van der Waals surface area (Å²) in [4.78, 5) is 11.1. The van der Waals surface area contributed by atoms with Crippen molar-refractivity contribution in [3.8, 4) is 5.75 Å². The highest BCUT2D eigenvalue weighted by molar-refractivity contribution is 6.29. The van der Waals surface area contributed by atoms with Gasteiger partial charge in [0, 0.05) is 0 Å². The monoisotopic (exact) mass is 228 g/mol. The van der Waals surface area contributed by atoms with Crippen LogP contribution in [0, 0.1) is 0 Å². The summed E-state index contributed by atoms with van der Waals surface area (Å²) in [5, 5.41) is -0.759. The van der Waals surface area contributed by atoms with E-state index >= 15 is 0 Å². The van der Waals surface area contributed by atoms with E-state index in [0.29, 0.717) is 12.2 Å². The van der Waals surface area contributed by atoms with Crippen molar-refractivity contribution in [2.45, 2.75) is 12.3 Å². The third-order valence-corrected chi connectivity index (χ3v) is 2.32. The zero-order valence-electron chi connectivity index (χ0n) is 8.70. The predicted molar refractivity (Wildman–Crippen MR) is 58.2 cm³/mol. The normalized spacial score (nSPS) is 11.9. The van der Waals surface area contributed by atoms with Gasteiger partial charge in [0.05, 0.1) is 13.7 Å². The van der Waals surface area contributed by atoms with E-state index in [1.54, 1.807) is 24.3 Å². The average Bonchev–Trinajstić information content (AvgIpc) is 2.28. The molecule has 0 N–H and O–H groups in total. The van der Waals surface area contributed by atoms with Crippen molar-refractivity contribution < 1.29 is 14.3 Å². The van der Waals surface area contributed by atoms with E-state index in [-0.39, 0.29) is 0 Å². The first-order valence-corrected chi connectivity index (χ1v) is 5.07. The van der Waals surface area contributed by atoms with Gasteiger partial charge >= 0.3 is 5.97 Å². The standard InChI is InChI=1S/C11H13ClO3/c1-3-15-9-6-4-8(5-7-9)10(12)11(13)14-2/h4-7,10H,3H2,1-2H3/t10-/m1/s1. The molecule has 0 saturated heterocycles. The lowest BCUT2D eigenvalue weighted by molar-refractivity contribution is -0.140. The quantitative estimate of drug-likeness (QED) is 0.587. The molecule has 0 heterocycles. The number of hydrogen-bond acceptors (Lipinski definition) is 3. The summed E-state index contributed by atoms with van der Waals surface area (Å²) in [5.74, 6) is 0.302. The lowest BCUT2D eigenvalue weighted by atomic mass is 10.1. The van der Waals surface area contributed by atoms with Crippen LogP contribution >= 0.6 is 11.6 Å². The predicted octanol–water partition coefficient (Wildman–Crippen LogP) is 2.54. The first-order chi connectivity index (χ1) is 7.19. The average molecular weight is 229 g/mol. The second-order valence-corrected chi connectivity index (χ2v) is 3.32. The molecule has 1 rings (SSSR count). The van der Waals surface area contributed by atoms with Crippen LogP contribution in [0.25, 0.3) is 0 Å². The van der Waals surface area contributed by atoms with Crippen LogP contribution in [0.3, 0.4) is 0 Å². The Morgan fingerprint density at radius 1 is 1.40 bits per heavy atom. The largest absolute Gasteiger partial charge is 0.494 e. The molecule has 0 spiro atoms. The van der Waals surface area contributed by atoms with Gasteiger partial charge in [0.1, 0.15) is 5.75 Å². The number of esters is 1. The van der Waals surface area contributed by atoms with Gasteiger partial charge in [-0.05, 0) is 24.6 Å². The molecule has 0 amide bonds. The molecule has 1 atom stereocenters. The third kappa shape index (κ3) is 3.13. The first-order valence-electron chi connectivity index (χ1n) is 4.63. The second-order valence-electron chi connectivity index (χ2n) is 2.89. The maximum Gasteiger partial charge on any atom is 0.328 e. The number of carbonyl (C=O) groups excluding carboxylic acids is 1. The Balaban J connectivity index is 2.75. The Hall–Kier alpha value is -1.22. The Morgan fingerprint density at radius 2 is 2.00 bits per heavy atom. The Labute approximate surface area is 93.9 Å². The number of ether oxygens (including phenoxy) is 2. The highest BCUT2D eigenvalue weighted by Crippen LogP contribution is 2.23. The number of methoxy groups -OCH3 is 1. The molecular weight excluding hydrogens is 216 g/mol. The van der Waals surface area contributed by atoms with Crippen molar-refractivity contribution in [3.63, 3.8) is 0 Å². The van der Waals surface area contributed by atoms with Gasteiger partial charge in [-0.3, -0.25) is 4.79 Å². The molecular formula is C11H13ClO3. The van der Waals surface area contributed by atoms with Crippen LogP contribution < -0.4 is 4.74 Å². The minimum absolute atomic E-state index is 0.458. The molecule has 0 unspecified atom stereocenters. The third-order valence-electron chi connectivity index (χ3n) is 1.89. The molecule has 1 aromatic rings. The first kappa shape index (κ1) is 11.9. The van der Waals surface area contributed by atoms with E-state index in [1.807, 2.05) is 6.92 Å². The fourth-order valence-corrected chi connectivity index (χ4v) is 1.37. The van der Waals surface area contributed by atoms with Crippen LogP contribution in [-0.2, 0) is 9.53 Å². The van der Waals surface area contributed by atoms with Gasteiger partial charge < -0.3 is 9.47 Å². The van der Waals surface area contributed by atoms with E-state index in [2.05, 4.69) is 4.74 Å². The van der Waals surface area contributed by atoms with Crippen molar-refractivity contribution >= 4 is 17.6 Å². The van der Waals surface area contributed by atoms with Gasteiger partial charge in [-0.15, -0.1) is 11.6 Å². The van der Waals surface area contributed by atoms with Gasteiger partial charge in [-0.1, -0.05) is 12.1 Å². The smallest absolute Gasteiger partial charge is 0.328 e. The molecule has 0 aromatic heterocycles. The number of halogens is 1. The second kappa shape index (κ2) is 5.61. The molecule has 15 heavy (non-hydrogen) atoms. The molecule has 0 radical (unpaired) electrons. The van der Waals surface area contributed by atoms with Crippen LogP contribution in [0.2, 0.25) is 0 Å². The molecule has 4 heteroatoms. The molecule has 0 aliphatic rings. The number of rotatable bonds is 4. The van der Waals surface area contributed by atoms with Crippen molar-refractivity contribution in [1.82, 2.24) is 0 Å². The SMILES string of the molecule is CCOc1ccc([C@@H](Cl)C(=O)OC)cc1. The maximum absolute atomic E-state index is 11.1. The minimum atomic E-state index is -0.759. The van der Waals surface area contributed by atoms with Crippen LogP contribution in [-0.4, -0.2) is 19.7 Å². The summed E-state index contributed by atoms with van der Waals surface area (Å²) in [5.41, 5.74) is 0.701. The molecule has 0 fully saturated rings. The highest BCUT2D eigenvalue weighted by atomic mass is 35.5. The summed E-state index contributed by atoms with van der Waals surface area (Å²) in [6.45, 7) is 2.52. The van der Waals surface area contributed by atoms with Crippen molar-refractivity contribution in [3.05, 3.63) is 29.8 Å². The van der Waals surface area contributed by atoms with E-state index in [9.17, 15) is 4.79 Å². The summed E-state index contributed by atoms with van der Waals surface area (Å²) in [7, 11) is 1.31. The fraction of sp³-hybridized carbons (Fsp3) is 0.364. The van der Waals surface area contributed by atoms with E-state index < -0.39 is 11.3 Å². The topological polar surface area (TPSA) is 35.5 Å². The van der Waals surface area contributed by atoms with Crippen molar-refractivity contribution in [1.29, 1.82) is 0 Å². The molecule has 82 valence electrons. The number of hydrogen-bond donors (Lipinski definition) is 0. The summed E-state index contributed by atoms with van der Waals surface area (Å²) in [6.07, 6.45) is 0. The van der Waals surface area contributed by atoms with Gasteiger partial charge in [0.2, 0.25) is 0 Å². The highest BCUT2D eigenvalue weighted by Gasteiger charge is 2.17. The van der Waals surface area contributed by atoms with Crippen molar-refractivity contribution in [2.75, 3.05) is 13.7 Å². The lowest BCUT2D eigenvalue weighted by Crippen LogP contribution is -2.08. The molecule has 0 saturated carbocycles. The minimum Gasteiger partial charge on any atom is -0.494 e. The molecule has 0 aliphatic carbocycles. The van der Waals surface area contributed by atoms with Gasteiger partial charge in [-0.2, -0.15) is 0 Å². The van der Waals surface area contributed by atoms with Crippen LogP contribution in [0.4, 0.5) is 0 Å². The molecule has 3 nitrogen and oxygen atoms in total. The Kier molecular flexibility index (Phi) is 4.43. The van der Waals surface area contributed by atoms with Crippen LogP contribution in [0.15, 0.2) is 24.3 Å². The summed E-state index contributed by atoms with van der Waals surface area (Å²) >= 11 is 5.87. The summed E-state index contributed by atoms with van der Waals surface area (Å²) < 4.78 is 9.81. The summed E-state index contributed by atoms with van der Waals surface area (Å²) in [6, 6.07) is 7.05. The van der Waals surface area contributed by atoms with E-state index in [1.165, 1.54) is 7.11 Å². The van der Waals surface area contributed by atoms with Crippen LogP contribution in [0.1, 0.15) is 17.9 Å². The maximum atomic E-state index is 11.1. The van der Waals surface area contributed by atoms with Gasteiger partial charge in [0.25, 0.3) is 0 Å². The van der Waals surface area contributed by atoms with Gasteiger partial charge in [-0.25, -0.2) is 0 Å². The zero-order chi connectivity index (χ0) is 11.3. The zero-order valence-corrected chi connectivity index (χ0v) is 9.45. The molecule has 0 bridgehead atoms. The Morgan fingerprint density at radius 3 is 2.47 bits per heavy atom. The van der Waals surface area contributed by atoms with Crippen molar-refractivity contribution in [2.24, 2.45) is 0 Å². The van der Waals surface area contributed by atoms with E-state index in [0.717, 1.165) is 5.75 Å². The number of carbonyl (C=O) groups is 1. The van der Waals surface area contributed by atoms with Gasteiger partial charge in [0.15, 0.2) is 5.38 Å².